The van der Waals surface area contributed by atoms with Crippen LogP contribution in [0.1, 0.15) is 31.2 Å². The Morgan fingerprint density at radius 3 is 2.50 bits per heavy atom. The molecule has 2 aliphatic heterocycles. The number of halogens is 2. The lowest BCUT2D eigenvalue weighted by Gasteiger charge is -2.44. The number of piperidine rings is 1. The van der Waals surface area contributed by atoms with Crippen LogP contribution in [0.5, 0.6) is 0 Å². The number of carbonyl (C=O) groups is 1. The summed E-state index contributed by atoms with van der Waals surface area (Å²) in [5.41, 5.74) is 1.24. The molecular formula is C21H26BrFN2O2S. The highest BCUT2D eigenvalue weighted by Gasteiger charge is 2.50. The Labute approximate surface area is 180 Å². The molecular weight excluding hydrogens is 443 g/mol. The molecule has 0 radical (unpaired) electrons. The zero-order valence-corrected chi connectivity index (χ0v) is 18.6. The number of benzene rings is 1. The highest BCUT2D eigenvalue weighted by atomic mass is 79.9. The lowest BCUT2D eigenvalue weighted by molar-refractivity contribution is -0.931. The number of amides is 1. The van der Waals surface area contributed by atoms with Gasteiger partial charge in [0.2, 0.25) is 0 Å². The van der Waals surface area contributed by atoms with Crippen LogP contribution in [-0.4, -0.2) is 42.9 Å². The van der Waals surface area contributed by atoms with Gasteiger partial charge in [-0.3, -0.25) is 4.90 Å². The van der Waals surface area contributed by atoms with Crippen molar-refractivity contribution in [3.05, 3.63) is 52.5 Å². The number of fused-ring (bicyclic) bond motifs is 2. The van der Waals surface area contributed by atoms with Gasteiger partial charge in [-0.05, 0) is 17.5 Å². The van der Waals surface area contributed by atoms with Gasteiger partial charge in [-0.15, -0.1) is 0 Å². The molecule has 0 spiro atoms. The van der Waals surface area contributed by atoms with E-state index in [2.05, 4.69) is 14.1 Å². The molecule has 0 aliphatic carbocycles. The summed E-state index contributed by atoms with van der Waals surface area (Å²) >= 11 is 1.51. The van der Waals surface area contributed by atoms with Gasteiger partial charge in [0.15, 0.2) is 0 Å². The summed E-state index contributed by atoms with van der Waals surface area (Å²) in [6.45, 7) is 0.170. The molecule has 152 valence electrons. The average Bonchev–Trinajstić information content (AvgIpc) is 3.17. The first kappa shape index (κ1) is 21.3. The fourth-order valence-corrected chi connectivity index (χ4v) is 5.24. The zero-order valence-electron chi connectivity index (χ0n) is 16.2. The molecule has 0 saturated carbocycles. The molecule has 3 heterocycles. The predicted octanol–water partition coefficient (Wildman–Crippen LogP) is 1.80. The third-order valence-electron chi connectivity index (χ3n) is 6.38. The van der Waals surface area contributed by atoms with E-state index in [-0.39, 0.29) is 41.5 Å². The standard InChI is InChI=1S/C21H26FN2O2S.BrH/c1-24(2)17-7-8-18(24)12-19(11-17)26-21(25)23(16-9-10-27-14-16)13-15-5-3-4-6-20(15)22;/h3-6,9-10,14,17-19H,7-8,11-13H2,1-2H3;1H/q+1;/p-1. The molecule has 2 saturated heterocycles. The second-order valence-corrected chi connectivity index (χ2v) is 8.93. The Balaban J connectivity index is 0.00000225. The molecule has 2 aliphatic rings. The molecule has 1 amide bonds. The van der Waals surface area contributed by atoms with Gasteiger partial charge < -0.3 is 26.2 Å². The van der Waals surface area contributed by atoms with Crippen LogP contribution in [0.2, 0.25) is 0 Å². The minimum Gasteiger partial charge on any atom is -1.00 e. The molecule has 0 N–H and O–H groups in total. The SMILES string of the molecule is C[N+]1(C)C2CCC1CC(OC(=O)N(Cc1ccccc1F)c1ccsc1)C2.[Br-]. The zero-order chi connectivity index (χ0) is 19.0. The maximum Gasteiger partial charge on any atom is 0.414 e. The van der Waals surface area contributed by atoms with Crippen LogP contribution < -0.4 is 21.9 Å². The van der Waals surface area contributed by atoms with Crippen LogP contribution in [0.25, 0.3) is 0 Å². The third-order valence-corrected chi connectivity index (χ3v) is 7.05. The Hall–Kier alpha value is -1.44. The topological polar surface area (TPSA) is 29.5 Å². The summed E-state index contributed by atoms with van der Waals surface area (Å²) in [5, 5.41) is 3.81. The molecule has 2 atom stereocenters. The molecule has 2 fully saturated rings. The van der Waals surface area contributed by atoms with Gasteiger partial charge in [0.05, 0.1) is 38.4 Å². The van der Waals surface area contributed by atoms with Crippen LogP contribution >= 0.6 is 11.3 Å². The number of hydrogen-bond donors (Lipinski definition) is 0. The van der Waals surface area contributed by atoms with Crippen molar-refractivity contribution >= 4 is 23.1 Å². The second-order valence-electron chi connectivity index (χ2n) is 8.15. The number of hydrogen-bond acceptors (Lipinski definition) is 3. The Morgan fingerprint density at radius 1 is 1.21 bits per heavy atom. The summed E-state index contributed by atoms with van der Waals surface area (Å²) in [7, 11) is 4.58. The number of nitrogens with zero attached hydrogens (tertiary/aromatic N) is 2. The van der Waals surface area contributed by atoms with Crippen molar-refractivity contribution < 1.29 is 35.4 Å². The monoisotopic (exact) mass is 468 g/mol. The number of thiophene rings is 1. The van der Waals surface area contributed by atoms with Gasteiger partial charge in [-0.2, -0.15) is 11.3 Å². The first-order valence-corrected chi connectivity index (χ1v) is 10.5. The van der Waals surface area contributed by atoms with Crippen molar-refractivity contribution in [2.45, 2.75) is 50.4 Å². The first-order valence-electron chi connectivity index (χ1n) is 9.52. The maximum absolute atomic E-state index is 14.1. The smallest absolute Gasteiger partial charge is 0.414 e. The van der Waals surface area contributed by atoms with Gasteiger partial charge in [-0.25, -0.2) is 9.18 Å². The van der Waals surface area contributed by atoms with Gasteiger partial charge in [0, 0.05) is 36.6 Å². The Bertz CT molecular complexity index is 798. The summed E-state index contributed by atoms with van der Waals surface area (Å²) in [4.78, 5) is 14.5. The predicted molar refractivity (Wildman–Crippen MR) is 105 cm³/mol. The van der Waals surface area contributed by atoms with Crippen molar-refractivity contribution in [3.8, 4) is 0 Å². The lowest BCUT2D eigenvalue weighted by atomic mass is 9.98. The molecule has 4 nitrogen and oxygen atoms in total. The van der Waals surface area contributed by atoms with E-state index in [0.717, 1.165) is 23.0 Å². The Kier molecular flexibility index (Phi) is 6.47. The maximum atomic E-state index is 14.1. The third kappa shape index (κ3) is 4.11. The van der Waals surface area contributed by atoms with E-state index in [4.69, 9.17) is 4.74 Å². The average molecular weight is 469 g/mol. The number of ether oxygens (including phenoxy) is 1. The summed E-state index contributed by atoms with van der Waals surface area (Å²) < 4.78 is 21.1. The van der Waals surface area contributed by atoms with Gasteiger partial charge in [-0.1, -0.05) is 18.2 Å². The van der Waals surface area contributed by atoms with E-state index in [1.54, 1.807) is 23.1 Å². The normalized spacial score (nSPS) is 25.0. The number of anilines is 1. The minimum atomic E-state index is -0.381. The molecule has 1 aromatic heterocycles. The van der Waals surface area contributed by atoms with E-state index in [1.807, 2.05) is 16.8 Å². The van der Waals surface area contributed by atoms with Crippen molar-refractivity contribution in [3.63, 3.8) is 0 Å². The fourth-order valence-electron chi connectivity index (χ4n) is 4.60. The van der Waals surface area contributed by atoms with Crippen molar-refractivity contribution in [2.75, 3.05) is 19.0 Å². The van der Waals surface area contributed by atoms with Crippen LogP contribution in [-0.2, 0) is 11.3 Å². The van der Waals surface area contributed by atoms with E-state index in [1.165, 1.54) is 30.2 Å². The van der Waals surface area contributed by atoms with Gasteiger partial charge in [0.1, 0.15) is 11.9 Å². The van der Waals surface area contributed by atoms with Crippen LogP contribution in [0, 0.1) is 5.82 Å². The molecule has 2 unspecified atom stereocenters. The molecule has 7 heteroatoms. The van der Waals surface area contributed by atoms with E-state index >= 15 is 0 Å². The molecule has 28 heavy (non-hydrogen) atoms. The van der Waals surface area contributed by atoms with E-state index in [0.29, 0.717) is 17.6 Å². The number of rotatable bonds is 4. The fraction of sp³-hybridized carbons (Fsp3) is 0.476. The minimum absolute atomic E-state index is 0. The molecule has 2 bridgehead atoms. The van der Waals surface area contributed by atoms with Crippen molar-refractivity contribution in [1.29, 1.82) is 0 Å². The van der Waals surface area contributed by atoms with Gasteiger partial charge >= 0.3 is 6.09 Å². The summed E-state index contributed by atoms with van der Waals surface area (Å²) in [6, 6.07) is 9.56. The van der Waals surface area contributed by atoms with E-state index in [9.17, 15) is 9.18 Å². The van der Waals surface area contributed by atoms with E-state index < -0.39 is 0 Å². The second kappa shape index (κ2) is 8.51. The summed E-state index contributed by atoms with van der Waals surface area (Å²) in [6.07, 6.45) is 3.79. The molecule has 4 rings (SSSR count). The van der Waals surface area contributed by atoms with Crippen molar-refractivity contribution in [2.24, 2.45) is 0 Å². The number of quaternary nitrogens is 1. The first-order chi connectivity index (χ1) is 12.9. The molecule has 2 aromatic rings. The van der Waals surface area contributed by atoms with Crippen molar-refractivity contribution in [1.82, 2.24) is 0 Å². The highest BCUT2D eigenvalue weighted by molar-refractivity contribution is 7.08. The largest absolute Gasteiger partial charge is 1.00 e. The molecule has 1 aromatic carbocycles. The summed E-state index contributed by atoms with van der Waals surface area (Å²) in [5.74, 6) is -0.305. The van der Waals surface area contributed by atoms with Gasteiger partial charge in [0.25, 0.3) is 0 Å². The lowest BCUT2D eigenvalue weighted by Crippen LogP contribution is -3.00. The highest BCUT2D eigenvalue weighted by Crippen LogP contribution is 2.40. The van der Waals surface area contributed by atoms with Crippen LogP contribution in [0.4, 0.5) is 14.9 Å². The number of carbonyl (C=O) groups excluding carboxylic acids is 1. The Morgan fingerprint density at radius 2 is 1.89 bits per heavy atom. The quantitative estimate of drug-likeness (QED) is 0.640. The van der Waals surface area contributed by atoms with Crippen LogP contribution in [0.3, 0.4) is 0 Å². The van der Waals surface area contributed by atoms with Crippen LogP contribution in [0.15, 0.2) is 41.1 Å².